The summed E-state index contributed by atoms with van der Waals surface area (Å²) in [6.45, 7) is 0.823. The van der Waals surface area contributed by atoms with Gasteiger partial charge < -0.3 is 4.74 Å². The van der Waals surface area contributed by atoms with E-state index in [0.717, 1.165) is 42.2 Å². The molecule has 0 spiro atoms. The van der Waals surface area contributed by atoms with Gasteiger partial charge >= 0.3 is 0 Å². The first-order chi connectivity index (χ1) is 10.4. The Labute approximate surface area is 126 Å². The van der Waals surface area contributed by atoms with Gasteiger partial charge in [0, 0.05) is 11.5 Å². The molecule has 0 aromatic carbocycles. The van der Waals surface area contributed by atoms with Crippen LogP contribution in [0.15, 0.2) is 6.33 Å². The van der Waals surface area contributed by atoms with Gasteiger partial charge in [-0.1, -0.05) is 0 Å². The van der Waals surface area contributed by atoms with Crippen molar-refractivity contribution < 1.29 is 4.74 Å². The summed E-state index contributed by atoms with van der Waals surface area (Å²) in [5.41, 5.74) is 2.43. The number of aryl methyl sites for hydroxylation is 2. The molecular weight excluding hydrogens is 284 g/mol. The highest BCUT2D eigenvalue weighted by Crippen LogP contribution is 2.37. The summed E-state index contributed by atoms with van der Waals surface area (Å²) < 4.78 is 7.80. The molecule has 0 N–H and O–H groups in total. The van der Waals surface area contributed by atoms with E-state index in [1.807, 2.05) is 22.1 Å². The van der Waals surface area contributed by atoms with Crippen LogP contribution in [0.3, 0.4) is 0 Å². The van der Waals surface area contributed by atoms with E-state index in [2.05, 4.69) is 15.2 Å². The molecule has 1 unspecified atom stereocenters. The second kappa shape index (κ2) is 4.48. The lowest BCUT2D eigenvalue weighted by molar-refractivity contribution is 0.104. The van der Waals surface area contributed by atoms with E-state index in [-0.39, 0.29) is 6.10 Å². The van der Waals surface area contributed by atoms with Gasteiger partial charge in [0.05, 0.1) is 5.39 Å². The lowest BCUT2D eigenvalue weighted by atomic mass is 9.97. The van der Waals surface area contributed by atoms with Crippen LogP contribution in [0.2, 0.25) is 0 Å². The van der Waals surface area contributed by atoms with Crippen LogP contribution in [0.1, 0.15) is 48.1 Å². The molecule has 108 valence electrons. The lowest BCUT2D eigenvalue weighted by Crippen LogP contribution is -2.03. The van der Waals surface area contributed by atoms with Crippen molar-refractivity contribution in [3.8, 4) is 0 Å². The molecule has 0 amide bonds. The molecule has 1 atom stereocenters. The molecule has 5 rings (SSSR count). The zero-order valence-electron chi connectivity index (χ0n) is 11.7. The molecule has 1 saturated heterocycles. The highest BCUT2D eigenvalue weighted by Gasteiger charge is 2.26. The average Bonchev–Trinajstić information content (AvgIpc) is 3.23. The van der Waals surface area contributed by atoms with Gasteiger partial charge in [0.2, 0.25) is 0 Å². The molecule has 0 bridgehead atoms. The maximum Gasteiger partial charge on any atom is 0.172 e. The fourth-order valence-corrected chi connectivity index (χ4v) is 4.80. The van der Waals surface area contributed by atoms with Crippen LogP contribution in [-0.4, -0.2) is 26.2 Å². The first-order valence-electron chi connectivity index (χ1n) is 7.67. The van der Waals surface area contributed by atoms with E-state index in [9.17, 15) is 0 Å². The summed E-state index contributed by atoms with van der Waals surface area (Å²) in [6, 6.07) is 0. The van der Waals surface area contributed by atoms with Crippen molar-refractivity contribution in [3.63, 3.8) is 0 Å². The highest BCUT2D eigenvalue weighted by molar-refractivity contribution is 7.19. The molecule has 6 heteroatoms. The zero-order valence-corrected chi connectivity index (χ0v) is 12.5. The number of aromatic nitrogens is 4. The molecule has 3 aromatic rings. The molecule has 3 aromatic heterocycles. The van der Waals surface area contributed by atoms with Crippen LogP contribution in [0.4, 0.5) is 0 Å². The van der Waals surface area contributed by atoms with Crippen LogP contribution in [0, 0.1) is 0 Å². The molecule has 0 radical (unpaired) electrons. The number of thiophene rings is 1. The lowest BCUT2D eigenvalue weighted by Gasteiger charge is -2.10. The number of ether oxygens (including phenoxy) is 1. The summed E-state index contributed by atoms with van der Waals surface area (Å²) in [5.74, 6) is 0.910. The molecule has 21 heavy (non-hydrogen) atoms. The SMILES string of the molecule is c1nc2sc3c(c2c2nnc(C4CCCO4)n12)CCCC3. The highest BCUT2D eigenvalue weighted by atomic mass is 32.1. The second-order valence-electron chi connectivity index (χ2n) is 5.89. The van der Waals surface area contributed by atoms with Gasteiger partial charge in [-0.25, -0.2) is 4.98 Å². The van der Waals surface area contributed by atoms with Crippen molar-refractivity contribution >= 4 is 27.2 Å². The van der Waals surface area contributed by atoms with Crippen LogP contribution >= 0.6 is 11.3 Å². The number of hydrogen-bond donors (Lipinski definition) is 0. The third-order valence-electron chi connectivity index (χ3n) is 4.61. The number of fused-ring (bicyclic) bond motifs is 5. The summed E-state index contributed by atoms with van der Waals surface area (Å²) in [4.78, 5) is 7.27. The standard InChI is InChI=1S/C15H16N4OS/c1-2-6-11-9(4-1)12-14-18-17-13(10-5-3-7-20-10)19(14)8-16-15(12)21-11/h8,10H,1-7H2. The number of hydrogen-bond acceptors (Lipinski definition) is 5. The van der Waals surface area contributed by atoms with Crippen molar-refractivity contribution in [1.82, 2.24) is 19.6 Å². The molecule has 4 heterocycles. The Bertz CT molecular complexity index is 831. The molecule has 1 fully saturated rings. The van der Waals surface area contributed by atoms with Gasteiger partial charge in [0.1, 0.15) is 17.3 Å². The van der Waals surface area contributed by atoms with Gasteiger partial charge in [-0.05, 0) is 44.1 Å². The van der Waals surface area contributed by atoms with E-state index < -0.39 is 0 Å². The van der Waals surface area contributed by atoms with E-state index in [1.54, 1.807) is 0 Å². The minimum Gasteiger partial charge on any atom is -0.370 e. The summed E-state index contributed by atoms with van der Waals surface area (Å²) in [5, 5.41) is 10.1. The largest absolute Gasteiger partial charge is 0.370 e. The summed E-state index contributed by atoms with van der Waals surface area (Å²) in [7, 11) is 0. The van der Waals surface area contributed by atoms with E-state index in [1.165, 1.54) is 35.1 Å². The van der Waals surface area contributed by atoms with Crippen molar-refractivity contribution in [2.45, 2.75) is 44.6 Å². The molecule has 2 aliphatic rings. The Balaban J connectivity index is 1.78. The predicted molar refractivity (Wildman–Crippen MR) is 80.7 cm³/mol. The molecule has 1 aliphatic carbocycles. The zero-order chi connectivity index (χ0) is 13.8. The Morgan fingerprint density at radius 3 is 3.05 bits per heavy atom. The van der Waals surface area contributed by atoms with Gasteiger partial charge in [-0.3, -0.25) is 4.40 Å². The van der Waals surface area contributed by atoms with E-state index in [4.69, 9.17) is 4.74 Å². The van der Waals surface area contributed by atoms with Crippen molar-refractivity contribution in [2.75, 3.05) is 6.61 Å². The van der Waals surface area contributed by atoms with E-state index in [0.29, 0.717) is 0 Å². The average molecular weight is 300 g/mol. The Kier molecular flexibility index (Phi) is 2.57. The van der Waals surface area contributed by atoms with Crippen LogP contribution in [0.5, 0.6) is 0 Å². The summed E-state index contributed by atoms with van der Waals surface area (Å²) in [6.07, 6.45) is 8.99. The Morgan fingerprint density at radius 1 is 1.19 bits per heavy atom. The third kappa shape index (κ3) is 1.69. The number of rotatable bonds is 1. The van der Waals surface area contributed by atoms with Crippen LogP contribution < -0.4 is 0 Å². The van der Waals surface area contributed by atoms with Crippen molar-refractivity contribution in [1.29, 1.82) is 0 Å². The van der Waals surface area contributed by atoms with Gasteiger partial charge in [0.15, 0.2) is 11.5 Å². The normalized spacial score (nSPS) is 22.2. The first kappa shape index (κ1) is 12.1. The summed E-state index contributed by atoms with van der Waals surface area (Å²) >= 11 is 1.83. The van der Waals surface area contributed by atoms with Gasteiger partial charge in [0.25, 0.3) is 0 Å². The maximum absolute atomic E-state index is 5.76. The molecule has 0 saturated carbocycles. The quantitative estimate of drug-likeness (QED) is 0.693. The molecular formula is C15H16N4OS. The number of nitrogens with zero attached hydrogens (tertiary/aromatic N) is 4. The first-order valence-corrected chi connectivity index (χ1v) is 8.49. The predicted octanol–water partition coefficient (Wildman–Crippen LogP) is 3.07. The van der Waals surface area contributed by atoms with Gasteiger partial charge in [-0.2, -0.15) is 0 Å². The molecule has 1 aliphatic heterocycles. The molecule has 5 nitrogen and oxygen atoms in total. The van der Waals surface area contributed by atoms with E-state index >= 15 is 0 Å². The fraction of sp³-hybridized carbons (Fsp3) is 0.533. The Morgan fingerprint density at radius 2 is 2.14 bits per heavy atom. The van der Waals surface area contributed by atoms with Gasteiger partial charge in [-0.15, -0.1) is 21.5 Å². The second-order valence-corrected chi connectivity index (χ2v) is 6.97. The third-order valence-corrected chi connectivity index (χ3v) is 5.81. The van der Waals surface area contributed by atoms with Crippen LogP contribution in [0.25, 0.3) is 15.9 Å². The van der Waals surface area contributed by atoms with Crippen LogP contribution in [-0.2, 0) is 17.6 Å². The fourth-order valence-electron chi connectivity index (χ4n) is 3.57. The minimum atomic E-state index is 0.0775. The maximum atomic E-state index is 5.76. The van der Waals surface area contributed by atoms with Crippen molar-refractivity contribution in [2.24, 2.45) is 0 Å². The Hall–Kier alpha value is -1.53. The topological polar surface area (TPSA) is 52.3 Å². The monoisotopic (exact) mass is 300 g/mol. The smallest absolute Gasteiger partial charge is 0.172 e. The van der Waals surface area contributed by atoms with Crippen molar-refractivity contribution in [3.05, 3.63) is 22.6 Å². The minimum absolute atomic E-state index is 0.0775.